The van der Waals surface area contributed by atoms with Gasteiger partial charge in [0, 0.05) is 0 Å². The molecule has 3 nitrogen and oxygen atoms in total. The van der Waals surface area contributed by atoms with E-state index in [-0.39, 0.29) is 16.9 Å². The van der Waals surface area contributed by atoms with Crippen molar-refractivity contribution in [1.82, 2.24) is 5.32 Å². The van der Waals surface area contributed by atoms with Gasteiger partial charge < -0.3 is 11.1 Å². The highest BCUT2D eigenvalue weighted by atomic mass is 35.5. The van der Waals surface area contributed by atoms with Gasteiger partial charge in [-0.25, -0.2) is 9.38 Å². The normalized spacial score (nSPS) is 34.1. The minimum Gasteiger partial charge on any atom is -0.370 e. The molecule has 0 spiro atoms. The number of nitrogens with zero attached hydrogens (tertiary/aromatic N) is 1. The summed E-state index contributed by atoms with van der Waals surface area (Å²) in [6.07, 6.45) is 0.956. The van der Waals surface area contributed by atoms with Crippen molar-refractivity contribution in [1.29, 1.82) is 0 Å². The third kappa shape index (κ3) is 1.75. The lowest BCUT2D eigenvalue weighted by molar-refractivity contribution is 0.475. The maximum Gasteiger partial charge on any atom is 0.189 e. The summed E-state index contributed by atoms with van der Waals surface area (Å²) < 4.78 is 13.2. The predicted octanol–water partition coefficient (Wildman–Crippen LogP) is 2.26. The second-order valence-corrected chi connectivity index (χ2v) is 5.54. The van der Waals surface area contributed by atoms with Crippen LogP contribution < -0.4 is 11.1 Å². The smallest absolute Gasteiger partial charge is 0.189 e. The van der Waals surface area contributed by atoms with E-state index in [1.807, 2.05) is 6.07 Å². The predicted molar refractivity (Wildman–Crippen MR) is 70.3 cm³/mol. The summed E-state index contributed by atoms with van der Waals surface area (Å²) in [4.78, 5) is 4.42. The van der Waals surface area contributed by atoms with Gasteiger partial charge >= 0.3 is 0 Å². The zero-order valence-corrected chi connectivity index (χ0v) is 10.8. The van der Waals surface area contributed by atoms with Crippen molar-refractivity contribution in [3.8, 4) is 0 Å². The van der Waals surface area contributed by atoms with Gasteiger partial charge in [0.05, 0.1) is 17.1 Å². The number of hydrogen-bond acceptors (Lipinski definition) is 3. The van der Waals surface area contributed by atoms with Crippen molar-refractivity contribution in [2.45, 2.75) is 31.3 Å². The lowest BCUT2D eigenvalue weighted by Gasteiger charge is -2.18. The molecule has 0 radical (unpaired) electrons. The molecule has 96 valence electrons. The first-order chi connectivity index (χ1) is 8.56. The maximum absolute atomic E-state index is 13.2. The molecular weight excluding hydrogens is 253 g/mol. The second kappa shape index (κ2) is 4.12. The van der Waals surface area contributed by atoms with Crippen LogP contribution in [0.2, 0.25) is 5.02 Å². The van der Waals surface area contributed by atoms with E-state index in [1.54, 1.807) is 6.07 Å². The highest BCUT2D eigenvalue weighted by Gasteiger charge is 2.44. The van der Waals surface area contributed by atoms with E-state index in [0.717, 1.165) is 12.0 Å². The molecular formula is C13H15ClFN3. The molecule has 1 aliphatic heterocycles. The van der Waals surface area contributed by atoms with Crippen LogP contribution in [0, 0.1) is 11.7 Å². The summed E-state index contributed by atoms with van der Waals surface area (Å²) in [5.74, 6) is 0.895. The zero-order chi connectivity index (χ0) is 12.9. The van der Waals surface area contributed by atoms with Crippen LogP contribution in [0.25, 0.3) is 0 Å². The summed E-state index contributed by atoms with van der Waals surface area (Å²) in [6, 6.07) is 5.50. The molecule has 1 heterocycles. The number of hydrogen-bond donors (Lipinski definition) is 2. The van der Waals surface area contributed by atoms with E-state index < -0.39 is 0 Å². The highest BCUT2D eigenvalue weighted by Crippen LogP contribution is 2.43. The van der Waals surface area contributed by atoms with E-state index in [9.17, 15) is 4.39 Å². The van der Waals surface area contributed by atoms with Crippen molar-refractivity contribution in [3.63, 3.8) is 0 Å². The van der Waals surface area contributed by atoms with Crippen LogP contribution in [-0.2, 0) is 0 Å². The summed E-state index contributed by atoms with van der Waals surface area (Å²) in [5.41, 5.74) is 6.77. The van der Waals surface area contributed by atoms with Gasteiger partial charge in [0.1, 0.15) is 5.82 Å². The van der Waals surface area contributed by atoms with Gasteiger partial charge in [0.2, 0.25) is 0 Å². The fraction of sp³-hybridized carbons (Fsp3) is 0.462. The Morgan fingerprint density at radius 1 is 1.50 bits per heavy atom. The van der Waals surface area contributed by atoms with Crippen LogP contribution in [0.5, 0.6) is 0 Å². The van der Waals surface area contributed by atoms with Gasteiger partial charge in [-0.05, 0) is 36.0 Å². The number of nitrogens with two attached hydrogens (primary N) is 1. The Balaban J connectivity index is 1.88. The highest BCUT2D eigenvalue weighted by molar-refractivity contribution is 6.30. The van der Waals surface area contributed by atoms with Gasteiger partial charge in [-0.3, -0.25) is 0 Å². The Bertz CT molecular complexity index is 517. The maximum atomic E-state index is 13.2. The number of aliphatic imine (C=N–C) groups is 1. The van der Waals surface area contributed by atoms with Crippen LogP contribution >= 0.6 is 11.6 Å². The third-order valence-electron chi connectivity index (χ3n) is 4.09. The molecule has 1 aromatic rings. The Hall–Kier alpha value is -1.29. The summed E-state index contributed by atoms with van der Waals surface area (Å²) in [7, 11) is 0. The molecule has 4 atom stereocenters. The average molecular weight is 268 g/mol. The minimum atomic E-state index is -0.369. The summed E-state index contributed by atoms with van der Waals surface area (Å²) in [5, 5.41) is 3.38. The van der Waals surface area contributed by atoms with Gasteiger partial charge in [-0.15, -0.1) is 0 Å². The van der Waals surface area contributed by atoms with Gasteiger partial charge in [-0.2, -0.15) is 0 Å². The lowest BCUT2D eigenvalue weighted by Crippen LogP contribution is -2.35. The summed E-state index contributed by atoms with van der Waals surface area (Å²) >= 11 is 5.85. The summed E-state index contributed by atoms with van der Waals surface area (Å²) in [6.45, 7) is 2.16. The van der Waals surface area contributed by atoms with Gasteiger partial charge in [0.25, 0.3) is 0 Å². The van der Waals surface area contributed by atoms with Crippen molar-refractivity contribution in [2.75, 3.05) is 0 Å². The van der Waals surface area contributed by atoms with E-state index in [0.29, 0.717) is 23.8 Å². The molecule has 2 aliphatic rings. The molecule has 0 saturated heterocycles. The molecule has 0 aromatic heterocycles. The van der Waals surface area contributed by atoms with Crippen molar-refractivity contribution >= 4 is 17.6 Å². The average Bonchev–Trinajstić information content (AvgIpc) is 2.82. The fourth-order valence-corrected chi connectivity index (χ4v) is 3.34. The Kier molecular flexibility index (Phi) is 2.70. The molecule has 1 fully saturated rings. The van der Waals surface area contributed by atoms with Gasteiger partial charge in [-0.1, -0.05) is 24.6 Å². The molecule has 5 heteroatoms. The molecule has 1 aromatic carbocycles. The SMILES string of the molecule is C[C@@H]1C2N=C(N)NC2C[C@@H]1c1ccc(F)c(Cl)c1. The molecule has 18 heavy (non-hydrogen) atoms. The standard InChI is InChI=1S/C13H15ClFN3/c1-6-8(5-11-12(6)18-13(16)17-11)7-2-3-10(15)9(14)4-7/h2-4,6,8,11-12H,5H2,1H3,(H3,16,17,18)/t6-,8-,11?,12?/m0/s1. The Morgan fingerprint density at radius 2 is 2.28 bits per heavy atom. The molecule has 2 unspecified atom stereocenters. The number of fused-ring (bicyclic) bond motifs is 1. The van der Waals surface area contributed by atoms with Crippen LogP contribution in [0.4, 0.5) is 4.39 Å². The van der Waals surface area contributed by atoms with Gasteiger partial charge in [0.15, 0.2) is 5.96 Å². The van der Waals surface area contributed by atoms with Crippen LogP contribution in [0.1, 0.15) is 24.8 Å². The number of benzene rings is 1. The number of halogens is 2. The Labute approximate surface area is 110 Å². The molecule has 3 rings (SSSR count). The van der Waals surface area contributed by atoms with Crippen LogP contribution in [0.15, 0.2) is 23.2 Å². The molecule has 3 N–H and O–H groups in total. The van der Waals surface area contributed by atoms with E-state index in [4.69, 9.17) is 17.3 Å². The first-order valence-electron chi connectivity index (χ1n) is 6.11. The fourth-order valence-electron chi connectivity index (χ4n) is 3.15. The molecule has 0 bridgehead atoms. The molecule has 0 amide bonds. The number of guanidine groups is 1. The first kappa shape index (κ1) is 11.8. The number of nitrogens with one attached hydrogen (secondary N) is 1. The van der Waals surface area contributed by atoms with Crippen molar-refractivity contribution in [3.05, 3.63) is 34.6 Å². The van der Waals surface area contributed by atoms with Crippen molar-refractivity contribution < 1.29 is 4.39 Å². The van der Waals surface area contributed by atoms with E-state index in [2.05, 4.69) is 17.2 Å². The number of rotatable bonds is 1. The monoisotopic (exact) mass is 267 g/mol. The lowest BCUT2D eigenvalue weighted by atomic mass is 9.89. The topological polar surface area (TPSA) is 50.4 Å². The molecule has 1 saturated carbocycles. The van der Waals surface area contributed by atoms with Crippen LogP contribution in [0.3, 0.4) is 0 Å². The van der Waals surface area contributed by atoms with Crippen LogP contribution in [-0.4, -0.2) is 18.0 Å². The quantitative estimate of drug-likeness (QED) is 0.820. The largest absolute Gasteiger partial charge is 0.370 e. The van der Waals surface area contributed by atoms with Crippen molar-refractivity contribution in [2.24, 2.45) is 16.6 Å². The zero-order valence-electron chi connectivity index (χ0n) is 10.0. The first-order valence-corrected chi connectivity index (χ1v) is 6.49. The second-order valence-electron chi connectivity index (χ2n) is 5.13. The minimum absolute atomic E-state index is 0.188. The third-order valence-corrected chi connectivity index (χ3v) is 4.38. The Morgan fingerprint density at radius 3 is 2.94 bits per heavy atom. The van der Waals surface area contributed by atoms with E-state index >= 15 is 0 Å². The van der Waals surface area contributed by atoms with E-state index in [1.165, 1.54) is 6.07 Å². The molecule has 1 aliphatic carbocycles.